The van der Waals surface area contributed by atoms with Crippen molar-refractivity contribution in [2.45, 2.75) is 13.0 Å². The maximum absolute atomic E-state index is 11.7. The van der Waals surface area contributed by atoms with Crippen LogP contribution in [0.15, 0.2) is 18.2 Å². The van der Waals surface area contributed by atoms with Crippen molar-refractivity contribution in [3.8, 4) is 0 Å². The molecule has 1 heterocycles. The number of tetrazole rings is 1. The van der Waals surface area contributed by atoms with E-state index in [4.69, 9.17) is 23.2 Å². The van der Waals surface area contributed by atoms with Crippen LogP contribution >= 0.6 is 23.2 Å². The minimum absolute atomic E-state index is 0.0214. The lowest BCUT2D eigenvalue weighted by Gasteiger charge is -2.14. The molecule has 0 bridgehead atoms. The van der Waals surface area contributed by atoms with Gasteiger partial charge in [-0.05, 0) is 29.8 Å². The van der Waals surface area contributed by atoms with E-state index in [1.54, 1.807) is 25.1 Å². The van der Waals surface area contributed by atoms with Crippen LogP contribution in [0, 0.1) is 0 Å². The third-order valence-electron chi connectivity index (χ3n) is 2.33. The van der Waals surface area contributed by atoms with Gasteiger partial charge in [-0.1, -0.05) is 29.3 Å². The van der Waals surface area contributed by atoms with E-state index in [2.05, 4.69) is 25.9 Å². The Hall–Kier alpha value is -1.66. The van der Waals surface area contributed by atoms with Gasteiger partial charge in [-0.3, -0.25) is 4.79 Å². The number of nitrogens with one attached hydrogen (secondary N) is 2. The molecule has 18 heavy (non-hydrogen) atoms. The van der Waals surface area contributed by atoms with Crippen LogP contribution in [-0.4, -0.2) is 26.5 Å². The van der Waals surface area contributed by atoms with Crippen molar-refractivity contribution in [1.29, 1.82) is 0 Å². The number of halogens is 2. The number of hydrogen-bond donors (Lipinski definition) is 2. The summed E-state index contributed by atoms with van der Waals surface area (Å²) in [6.07, 6.45) is 0. The Labute approximate surface area is 113 Å². The fourth-order valence-electron chi connectivity index (χ4n) is 1.45. The van der Waals surface area contributed by atoms with Crippen molar-refractivity contribution in [1.82, 2.24) is 25.9 Å². The Kier molecular flexibility index (Phi) is 3.78. The van der Waals surface area contributed by atoms with Crippen molar-refractivity contribution in [2.75, 3.05) is 0 Å². The van der Waals surface area contributed by atoms with Gasteiger partial charge in [0.1, 0.15) is 0 Å². The first-order valence-electron chi connectivity index (χ1n) is 5.07. The largest absolute Gasteiger partial charge is 0.343 e. The van der Waals surface area contributed by atoms with E-state index in [1.165, 1.54) is 0 Å². The van der Waals surface area contributed by atoms with Crippen LogP contribution in [0.4, 0.5) is 0 Å². The maximum atomic E-state index is 11.7. The standard InChI is InChI=1S/C10H9Cl2N5O/c1-5(7-3-2-6(11)4-8(7)12)13-10(18)9-14-16-17-15-9/h2-5H,1H3,(H,13,18)(H,14,15,16,17). The highest BCUT2D eigenvalue weighted by Gasteiger charge is 2.16. The third kappa shape index (κ3) is 2.77. The van der Waals surface area contributed by atoms with Gasteiger partial charge in [-0.15, -0.1) is 10.2 Å². The molecular weight excluding hydrogens is 277 g/mol. The fraction of sp³-hybridized carbons (Fsp3) is 0.200. The number of carbonyl (C=O) groups is 1. The molecule has 2 N–H and O–H groups in total. The highest BCUT2D eigenvalue weighted by molar-refractivity contribution is 6.35. The molecule has 1 unspecified atom stereocenters. The predicted octanol–water partition coefficient (Wildman–Crippen LogP) is 2.00. The zero-order chi connectivity index (χ0) is 13.1. The van der Waals surface area contributed by atoms with Gasteiger partial charge in [0, 0.05) is 10.0 Å². The number of benzene rings is 1. The summed E-state index contributed by atoms with van der Waals surface area (Å²) in [5.41, 5.74) is 0.762. The highest BCUT2D eigenvalue weighted by atomic mass is 35.5. The number of nitrogens with zero attached hydrogens (tertiary/aromatic N) is 3. The van der Waals surface area contributed by atoms with E-state index in [0.717, 1.165) is 5.56 Å². The predicted molar refractivity (Wildman–Crippen MR) is 66.5 cm³/mol. The van der Waals surface area contributed by atoms with Crippen molar-refractivity contribution in [3.63, 3.8) is 0 Å². The number of aromatic nitrogens is 4. The average Bonchev–Trinajstić information content (AvgIpc) is 2.81. The van der Waals surface area contributed by atoms with Gasteiger partial charge in [0.2, 0.25) is 0 Å². The first-order chi connectivity index (χ1) is 8.58. The SMILES string of the molecule is CC(NC(=O)c1nn[nH]n1)c1ccc(Cl)cc1Cl. The van der Waals surface area contributed by atoms with Gasteiger partial charge in [-0.2, -0.15) is 5.21 Å². The summed E-state index contributed by atoms with van der Waals surface area (Å²) in [6, 6.07) is 4.79. The molecule has 0 spiro atoms. The molecule has 0 radical (unpaired) electrons. The van der Waals surface area contributed by atoms with E-state index in [-0.39, 0.29) is 11.9 Å². The smallest absolute Gasteiger partial charge is 0.293 e. The molecule has 0 fully saturated rings. The molecule has 0 aliphatic carbocycles. The molecule has 1 amide bonds. The van der Waals surface area contributed by atoms with Gasteiger partial charge in [0.15, 0.2) is 0 Å². The summed E-state index contributed by atoms with van der Waals surface area (Å²) >= 11 is 11.9. The lowest BCUT2D eigenvalue weighted by molar-refractivity contribution is 0.0929. The molecule has 94 valence electrons. The molecule has 1 aromatic carbocycles. The molecule has 0 aliphatic heterocycles. The molecule has 1 atom stereocenters. The molecule has 0 aliphatic rings. The summed E-state index contributed by atoms with van der Waals surface area (Å²) < 4.78 is 0. The number of rotatable bonds is 3. The van der Waals surface area contributed by atoms with Crippen molar-refractivity contribution >= 4 is 29.1 Å². The lowest BCUT2D eigenvalue weighted by Crippen LogP contribution is -2.27. The summed E-state index contributed by atoms with van der Waals surface area (Å²) in [5, 5.41) is 16.4. The first-order valence-corrected chi connectivity index (χ1v) is 5.83. The van der Waals surface area contributed by atoms with E-state index in [9.17, 15) is 4.79 Å². The zero-order valence-corrected chi connectivity index (χ0v) is 10.8. The van der Waals surface area contributed by atoms with E-state index >= 15 is 0 Å². The van der Waals surface area contributed by atoms with Crippen LogP contribution in [0.1, 0.15) is 29.1 Å². The Bertz CT molecular complexity index is 557. The second-order valence-electron chi connectivity index (χ2n) is 3.60. The Morgan fingerprint density at radius 1 is 1.44 bits per heavy atom. The van der Waals surface area contributed by atoms with Gasteiger partial charge in [0.25, 0.3) is 11.7 Å². The first kappa shape index (κ1) is 12.8. The van der Waals surface area contributed by atoms with Gasteiger partial charge in [0.05, 0.1) is 6.04 Å². The van der Waals surface area contributed by atoms with Crippen LogP contribution in [0.3, 0.4) is 0 Å². The molecule has 0 saturated carbocycles. The molecule has 0 saturated heterocycles. The molecular formula is C10H9Cl2N5O. The van der Waals surface area contributed by atoms with E-state index in [1.807, 2.05) is 0 Å². The fourth-order valence-corrected chi connectivity index (χ4v) is 2.02. The van der Waals surface area contributed by atoms with Gasteiger partial charge >= 0.3 is 0 Å². The zero-order valence-electron chi connectivity index (χ0n) is 9.32. The monoisotopic (exact) mass is 285 g/mol. The average molecular weight is 286 g/mol. The second-order valence-corrected chi connectivity index (χ2v) is 4.44. The number of hydrogen-bond acceptors (Lipinski definition) is 4. The minimum atomic E-state index is -0.428. The summed E-state index contributed by atoms with van der Waals surface area (Å²) in [6.45, 7) is 1.80. The molecule has 2 aromatic rings. The topological polar surface area (TPSA) is 83.6 Å². The normalized spacial score (nSPS) is 12.2. The van der Waals surface area contributed by atoms with Gasteiger partial charge < -0.3 is 5.32 Å². The summed E-state index contributed by atoms with van der Waals surface area (Å²) in [5.74, 6) is -0.450. The van der Waals surface area contributed by atoms with Crippen LogP contribution < -0.4 is 5.32 Å². The Balaban J connectivity index is 2.12. The van der Waals surface area contributed by atoms with Crippen molar-refractivity contribution in [2.24, 2.45) is 0 Å². The molecule has 1 aromatic heterocycles. The third-order valence-corrected chi connectivity index (χ3v) is 2.89. The quantitative estimate of drug-likeness (QED) is 0.903. The van der Waals surface area contributed by atoms with Crippen molar-refractivity contribution < 1.29 is 4.79 Å². The highest BCUT2D eigenvalue weighted by Crippen LogP contribution is 2.26. The Morgan fingerprint density at radius 2 is 2.22 bits per heavy atom. The van der Waals surface area contributed by atoms with Crippen LogP contribution in [0.25, 0.3) is 0 Å². The number of amides is 1. The summed E-state index contributed by atoms with van der Waals surface area (Å²) in [7, 11) is 0. The van der Waals surface area contributed by atoms with E-state index < -0.39 is 5.91 Å². The number of H-pyrrole nitrogens is 1. The van der Waals surface area contributed by atoms with Gasteiger partial charge in [-0.25, -0.2) is 0 Å². The Morgan fingerprint density at radius 3 is 2.83 bits per heavy atom. The lowest BCUT2D eigenvalue weighted by atomic mass is 10.1. The van der Waals surface area contributed by atoms with E-state index in [0.29, 0.717) is 10.0 Å². The molecule has 6 nitrogen and oxygen atoms in total. The van der Waals surface area contributed by atoms with Crippen LogP contribution in [-0.2, 0) is 0 Å². The van der Waals surface area contributed by atoms with Crippen molar-refractivity contribution in [3.05, 3.63) is 39.6 Å². The minimum Gasteiger partial charge on any atom is -0.343 e. The van der Waals surface area contributed by atoms with Crippen LogP contribution in [0.2, 0.25) is 10.0 Å². The number of carbonyl (C=O) groups excluding carboxylic acids is 1. The second kappa shape index (κ2) is 5.32. The maximum Gasteiger partial charge on any atom is 0.293 e. The summed E-state index contributed by atoms with van der Waals surface area (Å²) in [4.78, 5) is 11.7. The molecule has 2 rings (SSSR count). The molecule has 8 heteroatoms. The van der Waals surface area contributed by atoms with Crippen LogP contribution in [0.5, 0.6) is 0 Å². The number of aromatic amines is 1.